The number of hydrogen-bond donors (Lipinski definition) is 1. The van der Waals surface area contributed by atoms with Crippen LogP contribution in [0.4, 0.5) is 13.2 Å². The monoisotopic (exact) mass is 285 g/mol. The van der Waals surface area contributed by atoms with Gasteiger partial charge in [-0.05, 0) is 25.2 Å². The van der Waals surface area contributed by atoms with Gasteiger partial charge in [-0.2, -0.15) is 0 Å². The molecule has 2 aromatic carbocycles. The van der Waals surface area contributed by atoms with Crippen LogP contribution in [0.3, 0.4) is 0 Å². The molecule has 2 rings (SSSR count). The maximum Gasteiger partial charge on any atom is 0.146 e. The van der Waals surface area contributed by atoms with Crippen LogP contribution in [0.1, 0.15) is 17.2 Å². The number of hydrogen-bond acceptors (Lipinski definition) is 1. The van der Waals surface area contributed by atoms with Gasteiger partial charge in [0.05, 0.1) is 11.1 Å². The van der Waals surface area contributed by atoms with Crippen LogP contribution in [0, 0.1) is 17.5 Å². The Bertz CT molecular complexity index is 581. The smallest absolute Gasteiger partial charge is 0.146 e. The lowest BCUT2D eigenvalue weighted by Crippen LogP contribution is -2.21. The molecule has 0 aromatic heterocycles. The second-order valence-electron chi connectivity index (χ2n) is 4.00. The lowest BCUT2D eigenvalue weighted by atomic mass is 9.97. The fourth-order valence-corrected chi connectivity index (χ4v) is 2.17. The zero-order valence-electron chi connectivity index (χ0n) is 10.1. The van der Waals surface area contributed by atoms with Gasteiger partial charge in [-0.15, -0.1) is 0 Å². The van der Waals surface area contributed by atoms with Crippen molar-refractivity contribution in [2.45, 2.75) is 6.04 Å². The Morgan fingerprint density at radius 3 is 2.16 bits per heavy atom. The maximum atomic E-state index is 14.0. The highest BCUT2D eigenvalue weighted by Gasteiger charge is 2.23. The summed E-state index contributed by atoms with van der Waals surface area (Å²) in [4.78, 5) is 0. The number of rotatable bonds is 3. The van der Waals surface area contributed by atoms with Crippen molar-refractivity contribution in [2.75, 3.05) is 7.05 Å². The first-order chi connectivity index (χ1) is 9.06. The molecule has 100 valence electrons. The summed E-state index contributed by atoms with van der Waals surface area (Å²) >= 11 is 5.69. The minimum Gasteiger partial charge on any atom is -0.309 e. The van der Waals surface area contributed by atoms with Crippen LogP contribution in [0.25, 0.3) is 0 Å². The molecule has 0 saturated carbocycles. The highest BCUT2D eigenvalue weighted by atomic mass is 35.5. The lowest BCUT2D eigenvalue weighted by Gasteiger charge is -2.19. The van der Waals surface area contributed by atoms with E-state index in [1.165, 1.54) is 31.3 Å². The summed E-state index contributed by atoms with van der Waals surface area (Å²) in [5.41, 5.74) is -0.134. The Labute approximate surface area is 114 Å². The Morgan fingerprint density at radius 1 is 1.00 bits per heavy atom. The molecule has 0 aliphatic heterocycles. The molecule has 19 heavy (non-hydrogen) atoms. The SMILES string of the molecule is CNC(c1cccc(Cl)c1F)c1c(F)cccc1F. The van der Waals surface area contributed by atoms with E-state index in [0.29, 0.717) is 0 Å². The third-order valence-electron chi connectivity index (χ3n) is 2.87. The minimum absolute atomic E-state index is 0.0884. The molecule has 0 aliphatic rings. The van der Waals surface area contributed by atoms with Crippen LogP contribution in [-0.4, -0.2) is 7.05 Å². The Balaban J connectivity index is 2.60. The van der Waals surface area contributed by atoms with Crippen molar-refractivity contribution < 1.29 is 13.2 Å². The highest BCUT2D eigenvalue weighted by molar-refractivity contribution is 6.30. The summed E-state index contributed by atoms with van der Waals surface area (Å²) in [5, 5.41) is 2.62. The van der Waals surface area contributed by atoms with Gasteiger partial charge >= 0.3 is 0 Å². The van der Waals surface area contributed by atoms with E-state index in [1.54, 1.807) is 0 Å². The fraction of sp³-hybridized carbons (Fsp3) is 0.143. The van der Waals surface area contributed by atoms with Crippen LogP contribution in [-0.2, 0) is 0 Å². The summed E-state index contributed by atoms with van der Waals surface area (Å²) < 4.78 is 41.5. The van der Waals surface area contributed by atoms with Crippen LogP contribution in [0.5, 0.6) is 0 Å². The molecule has 0 bridgehead atoms. The predicted octanol–water partition coefficient (Wildman–Crippen LogP) is 4.07. The topological polar surface area (TPSA) is 12.0 Å². The van der Waals surface area contributed by atoms with Gasteiger partial charge in [-0.1, -0.05) is 29.8 Å². The number of halogens is 4. The number of benzene rings is 2. The average Bonchev–Trinajstić information content (AvgIpc) is 2.38. The van der Waals surface area contributed by atoms with E-state index >= 15 is 0 Å². The molecule has 2 aromatic rings. The van der Waals surface area contributed by atoms with Gasteiger partial charge < -0.3 is 5.32 Å². The summed E-state index contributed by atoms with van der Waals surface area (Å²) in [7, 11) is 1.50. The van der Waals surface area contributed by atoms with Gasteiger partial charge in [0, 0.05) is 11.1 Å². The molecule has 0 saturated heterocycles. The van der Waals surface area contributed by atoms with E-state index in [4.69, 9.17) is 11.6 Å². The highest BCUT2D eigenvalue weighted by Crippen LogP contribution is 2.30. The van der Waals surface area contributed by atoms with Crippen molar-refractivity contribution in [3.63, 3.8) is 0 Å². The van der Waals surface area contributed by atoms with E-state index in [0.717, 1.165) is 12.1 Å². The van der Waals surface area contributed by atoms with Crippen molar-refractivity contribution >= 4 is 11.6 Å². The van der Waals surface area contributed by atoms with Crippen molar-refractivity contribution in [1.82, 2.24) is 5.32 Å². The van der Waals surface area contributed by atoms with Crippen molar-refractivity contribution in [3.05, 3.63) is 70.0 Å². The molecule has 1 unspecified atom stereocenters. The van der Waals surface area contributed by atoms with E-state index in [-0.39, 0.29) is 16.1 Å². The Morgan fingerprint density at radius 2 is 1.58 bits per heavy atom. The van der Waals surface area contributed by atoms with Gasteiger partial charge in [0.2, 0.25) is 0 Å². The Hall–Kier alpha value is -1.52. The van der Waals surface area contributed by atoms with Gasteiger partial charge in [-0.3, -0.25) is 0 Å². The minimum atomic E-state index is -0.945. The summed E-state index contributed by atoms with van der Waals surface area (Å²) in [6.45, 7) is 0. The number of nitrogens with one attached hydrogen (secondary N) is 1. The van der Waals surface area contributed by atoms with Crippen LogP contribution in [0.15, 0.2) is 36.4 Å². The zero-order chi connectivity index (χ0) is 14.0. The summed E-state index contributed by atoms with van der Waals surface area (Å²) in [5.74, 6) is -2.16. The molecular weight excluding hydrogens is 275 g/mol. The second kappa shape index (κ2) is 5.63. The molecular formula is C14H11ClF3N. The molecule has 5 heteroatoms. The van der Waals surface area contributed by atoms with Gasteiger partial charge in [0.1, 0.15) is 17.5 Å². The first kappa shape index (κ1) is 13.9. The van der Waals surface area contributed by atoms with Crippen LogP contribution >= 0.6 is 11.6 Å². The third-order valence-corrected chi connectivity index (χ3v) is 3.16. The van der Waals surface area contributed by atoms with Crippen LogP contribution < -0.4 is 5.32 Å². The summed E-state index contributed by atoms with van der Waals surface area (Å²) in [6, 6.07) is 6.93. The van der Waals surface area contributed by atoms with E-state index < -0.39 is 23.5 Å². The fourth-order valence-electron chi connectivity index (χ4n) is 1.99. The predicted molar refractivity (Wildman–Crippen MR) is 68.7 cm³/mol. The molecule has 0 heterocycles. The molecule has 1 atom stereocenters. The molecule has 0 fully saturated rings. The molecule has 0 radical (unpaired) electrons. The lowest BCUT2D eigenvalue weighted by molar-refractivity contribution is 0.508. The normalized spacial score (nSPS) is 12.5. The molecule has 1 N–H and O–H groups in total. The van der Waals surface area contributed by atoms with Gasteiger partial charge in [0.25, 0.3) is 0 Å². The third kappa shape index (κ3) is 2.60. The molecule has 0 aliphatic carbocycles. The van der Waals surface area contributed by atoms with E-state index in [1.807, 2.05) is 0 Å². The Kier molecular flexibility index (Phi) is 4.12. The van der Waals surface area contributed by atoms with Crippen LogP contribution in [0.2, 0.25) is 5.02 Å². The van der Waals surface area contributed by atoms with Crippen molar-refractivity contribution in [3.8, 4) is 0 Å². The maximum absolute atomic E-state index is 14.0. The molecule has 0 amide bonds. The van der Waals surface area contributed by atoms with E-state index in [9.17, 15) is 13.2 Å². The van der Waals surface area contributed by atoms with E-state index in [2.05, 4.69) is 5.32 Å². The first-order valence-corrected chi connectivity index (χ1v) is 5.99. The molecule has 0 spiro atoms. The van der Waals surface area contributed by atoms with Gasteiger partial charge in [-0.25, -0.2) is 13.2 Å². The largest absolute Gasteiger partial charge is 0.309 e. The van der Waals surface area contributed by atoms with Crippen molar-refractivity contribution in [2.24, 2.45) is 0 Å². The second-order valence-corrected chi connectivity index (χ2v) is 4.41. The zero-order valence-corrected chi connectivity index (χ0v) is 10.8. The average molecular weight is 286 g/mol. The van der Waals surface area contributed by atoms with Gasteiger partial charge in [0.15, 0.2) is 0 Å². The first-order valence-electron chi connectivity index (χ1n) is 5.61. The molecule has 1 nitrogen and oxygen atoms in total. The van der Waals surface area contributed by atoms with Crippen molar-refractivity contribution in [1.29, 1.82) is 0 Å². The quantitative estimate of drug-likeness (QED) is 0.896. The standard InChI is InChI=1S/C14H11ClF3N/c1-19-14(8-4-2-5-9(15)13(8)18)12-10(16)6-3-7-11(12)17/h2-7,14,19H,1H3. The summed E-state index contributed by atoms with van der Waals surface area (Å²) in [6.07, 6.45) is 0.